The van der Waals surface area contributed by atoms with Crippen LogP contribution in [-0.2, 0) is 10.1 Å². The molecule has 2 aliphatic rings. The highest BCUT2D eigenvalue weighted by Gasteiger charge is 2.36. The van der Waals surface area contributed by atoms with Gasteiger partial charge in [0, 0.05) is 18.0 Å². The zero-order valence-corrected chi connectivity index (χ0v) is 15.1. The van der Waals surface area contributed by atoms with Gasteiger partial charge in [0.15, 0.2) is 0 Å². The summed E-state index contributed by atoms with van der Waals surface area (Å²) < 4.78 is 36.5. The quantitative estimate of drug-likeness (QED) is 0.854. The zero-order valence-electron chi connectivity index (χ0n) is 14.3. The molecule has 0 bridgehead atoms. The lowest BCUT2D eigenvalue weighted by atomic mass is 9.90. The monoisotopic (exact) mass is 359 g/mol. The van der Waals surface area contributed by atoms with E-state index in [2.05, 4.69) is 5.32 Å². The minimum Gasteiger partial charge on any atom is -0.488 e. The molecule has 1 saturated heterocycles. The van der Waals surface area contributed by atoms with Crippen LogP contribution in [0.1, 0.15) is 29.0 Å². The van der Waals surface area contributed by atoms with Crippen LogP contribution in [0, 0.1) is 13.8 Å². The molecule has 2 aromatic rings. The van der Waals surface area contributed by atoms with Gasteiger partial charge in [-0.3, -0.25) is 0 Å². The third-order valence-corrected chi connectivity index (χ3v) is 6.30. The number of piperidine rings is 1. The van der Waals surface area contributed by atoms with Gasteiger partial charge in [0.25, 0.3) is 0 Å². The van der Waals surface area contributed by atoms with E-state index in [9.17, 15) is 8.42 Å². The van der Waals surface area contributed by atoms with Crippen molar-refractivity contribution in [1.82, 2.24) is 5.32 Å². The van der Waals surface area contributed by atoms with Gasteiger partial charge in [0.2, 0.25) is 0 Å². The van der Waals surface area contributed by atoms with E-state index < -0.39 is 10.1 Å². The summed E-state index contributed by atoms with van der Waals surface area (Å²) >= 11 is 0. The third-order valence-electron chi connectivity index (χ3n) is 5.06. The van der Waals surface area contributed by atoms with Gasteiger partial charge in [-0.25, -0.2) is 0 Å². The molecule has 2 aromatic carbocycles. The summed E-state index contributed by atoms with van der Waals surface area (Å²) in [4.78, 5) is 0.173. The second kappa shape index (κ2) is 6.04. The molecular weight excluding hydrogens is 338 g/mol. The van der Waals surface area contributed by atoms with Crippen LogP contribution in [-0.4, -0.2) is 27.6 Å². The predicted molar refractivity (Wildman–Crippen MR) is 94.8 cm³/mol. The van der Waals surface area contributed by atoms with E-state index in [4.69, 9.17) is 8.92 Å². The fourth-order valence-corrected chi connectivity index (χ4v) is 4.50. The maximum absolute atomic E-state index is 12.6. The maximum atomic E-state index is 12.6. The van der Waals surface area contributed by atoms with Crippen LogP contribution in [0.15, 0.2) is 41.3 Å². The fourth-order valence-electron chi connectivity index (χ4n) is 3.49. The molecule has 0 aliphatic carbocycles. The van der Waals surface area contributed by atoms with Crippen molar-refractivity contribution < 1.29 is 17.3 Å². The summed E-state index contributed by atoms with van der Waals surface area (Å²) in [5, 5.41) is 3.32. The van der Waals surface area contributed by atoms with Crippen LogP contribution in [0.25, 0.3) is 0 Å². The Labute approximate surface area is 148 Å². The predicted octanol–water partition coefficient (Wildman–Crippen LogP) is 2.91. The highest BCUT2D eigenvalue weighted by molar-refractivity contribution is 7.87. The molecule has 2 aliphatic heterocycles. The standard InChI is InChI=1S/C19H21NO4S/c1-12-3-5-15(9-13(12)2)25(21,22)24-14-4-6-18-17(10-14)16-7-8-20-11-19(16)23-18/h3-6,9-10,16,19-20H,7-8,11H2,1-2H3. The van der Waals surface area contributed by atoms with Gasteiger partial charge in [0.1, 0.15) is 22.5 Å². The summed E-state index contributed by atoms with van der Waals surface area (Å²) in [6.07, 6.45) is 1.10. The molecule has 1 N–H and O–H groups in total. The van der Waals surface area contributed by atoms with Crippen molar-refractivity contribution >= 4 is 10.1 Å². The molecule has 0 saturated carbocycles. The maximum Gasteiger partial charge on any atom is 0.339 e. The average molecular weight is 359 g/mol. The third kappa shape index (κ3) is 3.00. The lowest BCUT2D eigenvalue weighted by molar-refractivity contribution is 0.177. The van der Waals surface area contributed by atoms with E-state index in [-0.39, 0.29) is 11.0 Å². The number of hydrogen-bond donors (Lipinski definition) is 1. The van der Waals surface area contributed by atoms with Crippen molar-refractivity contribution in [2.45, 2.75) is 37.2 Å². The molecular formula is C19H21NO4S. The Morgan fingerprint density at radius 3 is 2.76 bits per heavy atom. The van der Waals surface area contributed by atoms with Gasteiger partial charge < -0.3 is 14.2 Å². The van der Waals surface area contributed by atoms with Crippen molar-refractivity contribution in [3.63, 3.8) is 0 Å². The smallest absolute Gasteiger partial charge is 0.339 e. The highest BCUT2D eigenvalue weighted by Crippen LogP contribution is 2.43. The molecule has 0 aromatic heterocycles. The molecule has 132 valence electrons. The largest absolute Gasteiger partial charge is 0.488 e. The molecule has 25 heavy (non-hydrogen) atoms. The number of fused-ring (bicyclic) bond motifs is 3. The van der Waals surface area contributed by atoms with Crippen molar-refractivity contribution in [3.8, 4) is 11.5 Å². The molecule has 2 atom stereocenters. The summed E-state index contributed by atoms with van der Waals surface area (Å²) in [5.74, 6) is 1.46. The summed E-state index contributed by atoms with van der Waals surface area (Å²) in [5.41, 5.74) is 3.01. The van der Waals surface area contributed by atoms with Crippen molar-refractivity contribution in [1.29, 1.82) is 0 Å². The molecule has 0 radical (unpaired) electrons. The SMILES string of the molecule is Cc1ccc(S(=O)(=O)Oc2ccc3c(c2)C2CCNCC2O3)cc1C. The van der Waals surface area contributed by atoms with Gasteiger partial charge in [-0.15, -0.1) is 0 Å². The molecule has 6 heteroatoms. The lowest BCUT2D eigenvalue weighted by Crippen LogP contribution is -2.39. The summed E-state index contributed by atoms with van der Waals surface area (Å²) in [6, 6.07) is 10.3. The van der Waals surface area contributed by atoms with Crippen LogP contribution < -0.4 is 14.2 Å². The molecule has 0 amide bonds. The van der Waals surface area contributed by atoms with Crippen molar-refractivity contribution in [2.24, 2.45) is 0 Å². The minimum absolute atomic E-state index is 0.121. The Bertz CT molecular complexity index is 923. The topological polar surface area (TPSA) is 64.6 Å². The van der Waals surface area contributed by atoms with Gasteiger partial charge in [0.05, 0.1) is 0 Å². The number of benzene rings is 2. The van der Waals surface area contributed by atoms with Crippen molar-refractivity contribution in [2.75, 3.05) is 13.1 Å². The molecule has 1 fully saturated rings. The first-order chi connectivity index (χ1) is 11.9. The molecule has 5 nitrogen and oxygen atoms in total. The van der Waals surface area contributed by atoms with Crippen molar-refractivity contribution in [3.05, 3.63) is 53.1 Å². The normalized spacial score (nSPS) is 22.0. The van der Waals surface area contributed by atoms with E-state index in [0.717, 1.165) is 42.0 Å². The van der Waals surface area contributed by atoms with E-state index in [1.807, 2.05) is 19.9 Å². The Hall–Kier alpha value is -2.05. The Morgan fingerprint density at radius 1 is 1.12 bits per heavy atom. The van der Waals surface area contributed by atoms with E-state index in [1.165, 1.54) is 0 Å². The second-order valence-electron chi connectivity index (χ2n) is 6.74. The Morgan fingerprint density at radius 2 is 1.96 bits per heavy atom. The number of ether oxygens (including phenoxy) is 1. The highest BCUT2D eigenvalue weighted by atomic mass is 32.2. The number of nitrogens with one attached hydrogen (secondary N) is 1. The van der Waals surface area contributed by atoms with Gasteiger partial charge in [-0.05, 0) is 68.3 Å². The second-order valence-corrected chi connectivity index (χ2v) is 8.29. The molecule has 2 unspecified atom stereocenters. The van der Waals surface area contributed by atoms with E-state index in [1.54, 1.807) is 30.3 Å². The van der Waals surface area contributed by atoms with Crippen LogP contribution in [0.5, 0.6) is 11.5 Å². The van der Waals surface area contributed by atoms with E-state index >= 15 is 0 Å². The summed E-state index contributed by atoms with van der Waals surface area (Å²) in [6.45, 7) is 5.59. The Balaban J connectivity index is 1.62. The van der Waals surface area contributed by atoms with Gasteiger partial charge in [-0.2, -0.15) is 8.42 Å². The Kier molecular flexibility index (Phi) is 3.96. The first kappa shape index (κ1) is 16.4. The zero-order chi connectivity index (χ0) is 17.6. The molecule has 0 spiro atoms. The van der Waals surface area contributed by atoms with Crippen LogP contribution in [0.3, 0.4) is 0 Å². The summed E-state index contributed by atoms with van der Waals surface area (Å²) in [7, 11) is -3.85. The van der Waals surface area contributed by atoms with E-state index in [0.29, 0.717) is 11.7 Å². The average Bonchev–Trinajstić information content (AvgIpc) is 2.95. The fraction of sp³-hybridized carbons (Fsp3) is 0.368. The van der Waals surface area contributed by atoms with Gasteiger partial charge in [-0.1, -0.05) is 6.07 Å². The van der Waals surface area contributed by atoms with Crippen LogP contribution in [0.2, 0.25) is 0 Å². The molecule has 4 rings (SSSR count). The molecule has 2 heterocycles. The van der Waals surface area contributed by atoms with Gasteiger partial charge >= 0.3 is 10.1 Å². The number of aryl methyl sites for hydroxylation is 2. The number of rotatable bonds is 3. The minimum atomic E-state index is -3.85. The lowest BCUT2D eigenvalue weighted by Gasteiger charge is -2.24. The van der Waals surface area contributed by atoms with Crippen LogP contribution >= 0.6 is 0 Å². The van der Waals surface area contributed by atoms with Crippen LogP contribution in [0.4, 0.5) is 0 Å². The first-order valence-electron chi connectivity index (χ1n) is 8.47. The number of hydrogen-bond acceptors (Lipinski definition) is 5. The first-order valence-corrected chi connectivity index (χ1v) is 9.88.